The number of anilines is 1. The largest absolute Gasteiger partial charge is 0.481 e. The number of rotatable bonds is 6. The van der Waals surface area contributed by atoms with Crippen LogP contribution in [0.25, 0.3) is 0 Å². The minimum Gasteiger partial charge on any atom is -0.481 e. The number of aryl methyl sites for hydroxylation is 1. The Morgan fingerprint density at radius 1 is 1.29 bits per heavy atom. The van der Waals surface area contributed by atoms with Gasteiger partial charge in [-0.3, -0.25) is 14.9 Å². The lowest BCUT2D eigenvalue weighted by Crippen LogP contribution is -2.47. The van der Waals surface area contributed by atoms with Crippen molar-refractivity contribution in [3.63, 3.8) is 0 Å². The molecule has 0 saturated heterocycles. The Morgan fingerprint density at radius 3 is 2.43 bits per heavy atom. The molecule has 0 aliphatic rings. The molecule has 1 rings (SSSR count). The molecule has 11 heteroatoms. The van der Waals surface area contributed by atoms with Crippen LogP contribution in [0.4, 0.5) is 27.1 Å². The average Bonchev–Trinajstić information content (AvgIpc) is 2.74. The third-order valence-corrected chi connectivity index (χ3v) is 3.04. The number of nitrogens with zero attached hydrogens (tertiary/aromatic N) is 1. The number of amides is 1. The zero-order chi connectivity index (χ0) is 16.3. The summed E-state index contributed by atoms with van der Waals surface area (Å²) in [4.78, 5) is 24.8. The van der Waals surface area contributed by atoms with Crippen molar-refractivity contribution in [3.8, 4) is 0 Å². The van der Waals surface area contributed by atoms with Gasteiger partial charge < -0.3 is 5.11 Å². The van der Waals surface area contributed by atoms with Gasteiger partial charge in [0.1, 0.15) is 0 Å². The quantitative estimate of drug-likeness (QED) is 0.785. The highest BCUT2D eigenvalue weighted by Crippen LogP contribution is 2.36. The molecule has 0 spiro atoms. The lowest BCUT2D eigenvalue weighted by molar-refractivity contribution is -0.267. The summed E-state index contributed by atoms with van der Waals surface area (Å²) in [6.45, 7) is 0. The molecule has 1 amide bonds. The Balaban J connectivity index is 2.62. The Hall–Kier alpha value is -1.78. The minimum atomic E-state index is -5.99. The summed E-state index contributed by atoms with van der Waals surface area (Å²) in [6, 6.07) is 0. The number of carbonyl (C=O) groups is 2. The van der Waals surface area contributed by atoms with Gasteiger partial charge in [0.15, 0.2) is 5.13 Å². The summed E-state index contributed by atoms with van der Waals surface area (Å²) < 4.78 is 61.2. The maximum Gasteiger partial charge on any atom is 0.463 e. The van der Waals surface area contributed by atoms with Crippen LogP contribution in [0.2, 0.25) is 0 Å². The molecule has 0 unspecified atom stereocenters. The van der Waals surface area contributed by atoms with Crippen LogP contribution in [-0.4, -0.2) is 34.1 Å². The highest BCUT2D eigenvalue weighted by atomic mass is 32.1. The Morgan fingerprint density at radius 2 is 1.90 bits per heavy atom. The number of alkyl halides is 5. The fourth-order valence-electron chi connectivity index (χ4n) is 1.20. The van der Waals surface area contributed by atoms with Gasteiger partial charge >= 0.3 is 24.0 Å². The maximum atomic E-state index is 12.7. The van der Waals surface area contributed by atoms with Crippen LogP contribution < -0.4 is 5.32 Å². The minimum absolute atomic E-state index is 0.134. The van der Waals surface area contributed by atoms with Crippen molar-refractivity contribution in [3.05, 3.63) is 11.1 Å². The van der Waals surface area contributed by atoms with Gasteiger partial charge in [-0.2, -0.15) is 22.0 Å². The number of aliphatic carboxylic acids is 1. The van der Waals surface area contributed by atoms with E-state index >= 15 is 0 Å². The molecule has 0 saturated carbocycles. The standard InChI is InChI=1S/C10H9F5N2O3S/c11-9(12,10(13,14)15)7(20)17-8-16-5(4-21-8)2-1-3-6(18)19/h4H,1-3H2,(H,18,19)(H,16,17,20). The second-order valence-corrected chi connectivity index (χ2v) is 4.78. The summed E-state index contributed by atoms with van der Waals surface area (Å²) in [6.07, 6.45) is -5.69. The molecule has 21 heavy (non-hydrogen) atoms. The van der Waals surface area contributed by atoms with Gasteiger partial charge in [-0.25, -0.2) is 4.98 Å². The first-order chi connectivity index (χ1) is 9.54. The normalized spacial score (nSPS) is 12.2. The fourth-order valence-corrected chi connectivity index (χ4v) is 1.94. The summed E-state index contributed by atoms with van der Waals surface area (Å²) in [7, 11) is 0. The molecule has 0 aromatic carbocycles. The number of hydrogen-bond donors (Lipinski definition) is 2. The van der Waals surface area contributed by atoms with E-state index in [1.807, 2.05) is 0 Å². The van der Waals surface area contributed by atoms with E-state index in [0.29, 0.717) is 17.0 Å². The van der Waals surface area contributed by atoms with Crippen molar-refractivity contribution in [2.45, 2.75) is 31.4 Å². The number of thiazole rings is 1. The van der Waals surface area contributed by atoms with E-state index < -0.39 is 29.1 Å². The first-order valence-electron chi connectivity index (χ1n) is 5.46. The fraction of sp³-hybridized carbons (Fsp3) is 0.500. The van der Waals surface area contributed by atoms with Gasteiger partial charge in [0, 0.05) is 11.8 Å². The molecule has 0 fully saturated rings. The maximum absolute atomic E-state index is 12.7. The van der Waals surface area contributed by atoms with E-state index in [1.54, 1.807) is 0 Å². The highest BCUT2D eigenvalue weighted by molar-refractivity contribution is 7.13. The number of carboxylic acid groups (broad SMARTS) is 1. The third kappa shape index (κ3) is 4.62. The van der Waals surface area contributed by atoms with E-state index in [2.05, 4.69) is 4.98 Å². The number of hydrogen-bond acceptors (Lipinski definition) is 4. The van der Waals surface area contributed by atoms with E-state index in [-0.39, 0.29) is 19.3 Å². The number of halogens is 5. The molecule has 1 heterocycles. The number of carbonyl (C=O) groups excluding carboxylic acids is 1. The van der Waals surface area contributed by atoms with Crippen LogP contribution in [0.5, 0.6) is 0 Å². The molecule has 0 aliphatic carbocycles. The van der Waals surface area contributed by atoms with Crippen LogP contribution in [0.15, 0.2) is 5.38 Å². The second-order valence-electron chi connectivity index (χ2n) is 3.92. The van der Waals surface area contributed by atoms with E-state index in [0.717, 1.165) is 0 Å². The van der Waals surface area contributed by atoms with Crippen molar-refractivity contribution in [1.29, 1.82) is 0 Å². The molecule has 1 aromatic heterocycles. The van der Waals surface area contributed by atoms with Crippen LogP contribution in [0, 0.1) is 0 Å². The molecule has 1 aromatic rings. The SMILES string of the molecule is O=C(O)CCCc1csc(NC(=O)C(F)(F)C(F)(F)F)n1. The number of nitrogens with one attached hydrogen (secondary N) is 1. The molecule has 118 valence electrons. The first-order valence-corrected chi connectivity index (χ1v) is 6.34. The highest BCUT2D eigenvalue weighted by Gasteiger charge is 2.63. The van der Waals surface area contributed by atoms with Crippen LogP contribution in [-0.2, 0) is 16.0 Å². The van der Waals surface area contributed by atoms with E-state index in [1.165, 1.54) is 10.7 Å². The Bertz CT molecular complexity index is 529. The monoisotopic (exact) mass is 332 g/mol. The zero-order valence-corrected chi connectivity index (χ0v) is 11.0. The van der Waals surface area contributed by atoms with Gasteiger partial charge in [0.25, 0.3) is 0 Å². The van der Waals surface area contributed by atoms with Crippen molar-refractivity contribution in [1.82, 2.24) is 4.98 Å². The van der Waals surface area contributed by atoms with Crippen molar-refractivity contribution in [2.24, 2.45) is 0 Å². The van der Waals surface area contributed by atoms with Gasteiger partial charge in [0.05, 0.1) is 5.69 Å². The molecular formula is C10H9F5N2O3S. The van der Waals surface area contributed by atoms with Gasteiger partial charge in [0.2, 0.25) is 0 Å². The molecule has 2 N–H and O–H groups in total. The van der Waals surface area contributed by atoms with Gasteiger partial charge in [-0.15, -0.1) is 11.3 Å². The van der Waals surface area contributed by atoms with E-state index in [4.69, 9.17) is 5.11 Å². The van der Waals surface area contributed by atoms with Crippen molar-refractivity contribution < 1.29 is 36.6 Å². The smallest absolute Gasteiger partial charge is 0.463 e. The summed E-state index contributed by atoms with van der Waals surface area (Å²) in [5, 5.41) is 10.7. The summed E-state index contributed by atoms with van der Waals surface area (Å²) in [5.74, 6) is -9.05. The molecule has 0 aliphatic heterocycles. The van der Waals surface area contributed by atoms with Crippen LogP contribution in [0.3, 0.4) is 0 Å². The number of aromatic nitrogens is 1. The number of carboxylic acids is 1. The molecule has 0 atom stereocenters. The summed E-state index contributed by atoms with van der Waals surface area (Å²) in [5.41, 5.74) is 0.298. The van der Waals surface area contributed by atoms with Crippen molar-refractivity contribution >= 4 is 28.3 Å². The van der Waals surface area contributed by atoms with Gasteiger partial charge in [-0.05, 0) is 12.8 Å². The van der Waals surface area contributed by atoms with E-state index in [9.17, 15) is 31.5 Å². The zero-order valence-electron chi connectivity index (χ0n) is 10.2. The van der Waals surface area contributed by atoms with Crippen LogP contribution >= 0.6 is 11.3 Å². The lowest BCUT2D eigenvalue weighted by Gasteiger charge is -2.17. The predicted molar refractivity (Wildman–Crippen MR) is 62.3 cm³/mol. The summed E-state index contributed by atoms with van der Waals surface area (Å²) >= 11 is 0.672. The van der Waals surface area contributed by atoms with Crippen molar-refractivity contribution in [2.75, 3.05) is 5.32 Å². The average molecular weight is 332 g/mol. The molecule has 0 radical (unpaired) electrons. The Labute approximate surface area is 118 Å². The Kier molecular flexibility index (Phi) is 5.20. The predicted octanol–water partition coefficient (Wildman–Crippen LogP) is 2.69. The topological polar surface area (TPSA) is 79.3 Å². The third-order valence-electron chi connectivity index (χ3n) is 2.24. The van der Waals surface area contributed by atoms with Gasteiger partial charge in [-0.1, -0.05) is 0 Å². The van der Waals surface area contributed by atoms with Crippen LogP contribution in [0.1, 0.15) is 18.5 Å². The second kappa shape index (κ2) is 6.33. The molecule has 5 nitrogen and oxygen atoms in total. The lowest BCUT2D eigenvalue weighted by atomic mass is 10.2. The first kappa shape index (κ1) is 17.3. The molecular weight excluding hydrogens is 323 g/mol. The molecule has 0 bridgehead atoms.